The highest BCUT2D eigenvalue weighted by Gasteiger charge is 2.53. The number of hydrogen-bond donors (Lipinski definition) is 19. The van der Waals surface area contributed by atoms with Gasteiger partial charge in [0.15, 0.2) is 0 Å². The topological polar surface area (TPSA) is 641 Å². The first-order valence-corrected chi connectivity index (χ1v) is 51.1. The number of carboxylic acid groups (broad SMARTS) is 3. The lowest BCUT2D eigenvalue weighted by Gasteiger charge is -2.38. The van der Waals surface area contributed by atoms with Crippen molar-refractivity contribution in [3.8, 4) is 0 Å². The molecule has 5 aromatic rings. The Bertz CT molecular complexity index is 5860. The summed E-state index contributed by atoms with van der Waals surface area (Å²) in [6.07, 6.45) is 0.719. The molecule has 14 atom stereocenters. The SMILES string of the molecule is CC(=O)N1CCC[C@]12C/C=C/CCC[C@]1(CCC/C=C/CCCOC(=O)N3CC[C@@]4(C3)NC(=O)[C@H](CCCCNC(=O)CC[C@@H](C(=O)N[C@@H](C)C(N)=O)NC(=O)[C@H](Cc3csc5ccccc35)NC(=O)[C@H](Cc3ccccc3C)NC4=O)NC(=O)[C@H](Cc3ccccc3)NC(=O)[C@H](C)NC(=O)C(C)(C)NC(=O)[C@H](Cc3cccc(C(=O)O)c3)NC(=O)[C@H](CC(=O)O)NC1=O)NC(=O)[C@H](CC(C)(C)C)NC(=O)[C@H](CC(=O)O)NC2=O. The maximum absolute atomic E-state index is 16.2. The largest absolute Gasteiger partial charge is 0.481 e. The van der Waals surface area contributed by atoms with Gasteiger partial charge in [-0.3, -0.25) is 91.1 Å². The van der Waals surface area contributed by atoms with E-state index in [-0.39, 0.29) is 153 Å². The van der Waals surface area contributed by atoms with Gasteiger partial charge in [-0.25, -0.2) is 9.59 Å². The summed E-state index contributed by atoms with van der Waals surface area (Å²) in [5.74, 6) is -21.4. The van der Waals surface area contributed by atoms with Gasteiger partial charge in [-0.2, -0.15) is 0 Å². The van der Waals surface area contributed by atoms with Crippen molar-refractivity contribution in [1.82, 2.24) is 89.6 Å². The number of carbonyl (C=O) groups is 21. The predicted octanol–water partition coefficient (Wildman–Crippen LogP) is 2.98. The Balaban J connectivity index is 1.06. The van der Waals surface area contributed by atoms with Crippen LogP contribution in [0.15, 0.2) is 133 Å². The van der Waals surface area contributed by atoms with Gasteiger partial charge in [0.05, 0.1) is 31.6 Å². The van der Waals surface area contributed by atoms with E-state index in [1.54, 1.807) is 118 Å². The van der Waals surface area contributed by atoms with Crippen LogP contribution in [0.25, 0.3) is 10.1 Å². The lowest BCUT2D eigenvalue weighted by molar-refractivity contribution is -0.146. The number of likely N-dealkylation sites (tertiary alicyclic amines) is 1. The molecule has 0 radical (unpaired) electrons. The molecule has 4 aromatic carbocycles. The van der Waals surface area contributed by atoms with Crippen molar-refractivity contribution < 1.29 is 121 Å². The van der Waals surface area contributed by atoms with E-state index in [4.69, 9.17) is 10.5 Å². The summed E-state index contributed by atoms with van der Waals surface area (Å²) in [7, 11) is 0. The summed E-state index contributed by atoms with van der Waals surface area (Å²) in [6, 6.07) is 8.98. The lowest BCUT2D eigenvalue weighted by Crippen LogP contribution is -2.66. The molecule has 0 aliphatic carbocycles. The van der Waals surface area contributed by atoms with Crippen molar-refractivity contribution in [3.63, 3.8) is 0 Å². The molecular formula is C105H138N18O25S. The number of nitrogens with two attached hydrogens (primary N) is 1. The highest BCUT2D eigenvalue weighted by atomic mass is 32.1. The average molecular weight is 2080 g/mol. The number of amides is 18. The number of hydrogen-bond acceptors (Lipinski definition) is 23. The van der Waals surface area contributed by atoms with Gasteiger partial charge in [0.1, 0.15) is 88.6 Å². The standard InChI is InChI=1S/C105H138N18O25S/c1-61-31-19-20-35-67(61)54-76-89(135)114-75(55-69-59-149-80-39-22-21-37-70(69)80)88(134)111-72(86(132)108-62(2)84(106)130)40-41-81(125)107-47-27-23-38-71-92(138)121-104(98(145)116-76)46-49-122(60-104)100(147)148-50-28-15-11-10-12-24-42-103(43-25-13-14-26-44-105(45-30-48-123(105)64(4)124)99(146)118-78(57-83(128)129)91(137)115-79(94(140)120-103)58-101(5,6)7)97(144)117-77(56-82(126)127)90(136)113-74(53-66-34-29-36-68(51-66)95(141)142)93(139)119-102(8,9)96(143)109-63(3)85(131)112-73(87(133)110-71)52-65-32-17-16-18-33-65/h10-11,14,16-22,26,29,31-37,39,51,59,62-63,71-79H,12-13,15,23-25,27-28,30,38,40-50,52-58,60H2,1-9H3,(H2,106,130)(H,107,125)(H,108,132)(H,109,143)(H,110,133)(H,111,134)(H,112,131)(H,113,136)(H,114,135)(H,115,137)(H,116,145)(H,117,144)(H,118,146)(H,119,139)(H,120,140)(H,121,138)(H,126,127)(H,128,129)(H,141,142)/b11-10+,26-14+/t62-,63-,71-,72-,73-,74-,75-,76-,77-,78-,79-,103-,104-,105-/m0/s1. The van der Waals surface area contributed by atoms with Crippen molar-refractivity contribution in [2.45, 2.75) is 305 Å². The maximum atomic E-state index is 16.2. The molecule has 0 saturated carbocycles. The third-order valence-electron chi connectivity index (χ3n) is 27.1. The zero-order valence-corrected chi connectivity index (χ0v) is 86.1. The van der Waals surface area contributed by atoms with Crippen molar-refractivity contribution >= 4 is 146 Å². The van der Waals surface area contributed by atoms with Crippen LogP contribution in [0.5, 0.6) is 0 Å². The molecule has 6 heterocycles. The van der Waals surface area contributed by atoms with Crippen molar-refractivity contribution in [1.29, 1.82) is 0 Å². The van der Waals surface area contributed by atoms with Crippen LogP contribution in [0.2, 0.25) is 0 Å². The van der Waals surface area contributed by atoms with Crippen LogP contribution in [0.4, 0.5) is 4.79 Å². The van der Waals surface area contributed by atoms with Crippen LogP contribution >= 0.6 is 11.3 Å². The molecule has 20 N–H and O–H groups in total. The molecule has 10 rings (SSSR count). The zero-order chi connectivity index (χ0) is 109. The van der Waals surface area contributed by atoms with Crippen molar-refractivity contribution in [2.75, 3.05) is 32.8 Å². The number of aryl methyl sites for hydroxylation is 1. The highest BCUT2D eigenvalue weighted by molar-refractivity contribution is 7.17. The quantitative estimate of drug-likeness (QED) is 0.0595. The summed E-state index contributed by atoms with van der Waals surface area (Å²) in [4.78, 5) is 310. The summed E-state index contributed by atoms with van der Waals surface area (Å²) in [5.41, 5.74) is -1.48. The molecule has 5 aliphatic rings. The fourth-order valence-corrected chi connectivity index (χ4v) is 19.7. The number of allylic oxidation sites excluding steroid dienone is 3. The first-order valence-electron chi connectivity index (χ1n) is 50.3. The smallest absolute Gasteiger partial charge is 0.409 e. The average Bonchev–Trinajstić information content (AvgIpc) is 1.64. The number of fused-ring (bicyclic) bond motifs is 4. The monoisotopic (exact) mass is 2080 g/mol. The Morgan fingerprint density at radius 3 is 1.73 bits per heavy atom. The highest BCUT2D eigenvalue weighted by Crippen LogP contribution is 2.36. The second-order valence-electron chi connectivity index (χ2n) is 40.5. The Hall–Kier alpha value is -15.0. The number of benzene rings is 4. The number of carbonyl (C=O) groups excluding carboxylic acids is 18. The Kier molecular flexibility index (Phi) is 41.3. The van der Waals surface area contributed by atoms with Gasteiger partial charge in [0.2, 0.25) is 100 Å². The molecule has 3 spiro atoms. The molecule has 0 unspecified atom stereocenters. The van der Waals surface area contributed by atoms with Crippen LogP contribution in [0, 0.1) is 12.3 Å². The second kappa shape index (κ2) is 53.0. The molecule has 1 aromatic heterocycles. The van der Waals surface area contributed by atoms with Gasteiger partial charge in [0.25, 0.3) is 0 Å². The number of cyclic esters (lactones) is 1. The van der Waals surface area contributed by atoms with E-state index in [0.717, 1.165) is 9.60 Å². The van der Waals surface area contributed by atoms with Crippen LogP contribution in [0.1, 0.15) is 222 Å². The maximum Gasteiger partial charge on any atom is 0.409 e. The Morgan fingerprint density at radius 1 is 0.523 bits per heavy atom. The normalized spacial score (nSPS) is 26.4. The van der Waals surface area contributed by atoms with Gasteiger partial charge in [-0.15, -0.1) is 11.3 Å². The van der Waals surface area contributed by atoms with Gasteiger partial charge >= 0.3 is 24.0 Å². The summed E-state index contributed by atoms with van der Waals surface area (Å²) >= 11 is 1.35. The zero-order valence-electron chi connectivity index (χ0n) is 85.3. The number of primary amides is 1. The third kappa shape index (κ3) is 33.0. The number of aromatic carboxylic acids is 1. The molecule has 3 saturated heterocycles. The third-order valence-corrected chi connectivity index (χ3v) is 28.1. The van der Waals surface area contributed by atoms with Gasteiger partial charge in [0, 0.05) is 63.4 Å². The Morgan fingerprint density at radius 2 is 1.07 bits per heavy atom. The minimum atomic E-state index is -2.24. The minimum Gasteiger partial charge on any atom is -0.481 e. The number of thiophene rings is 1. The summed E-state index contributed by atoms with van der Waals surface area (Å²) in [6.45, 7) is 11.9. The first kappa shape index (κ1) is 116. The van der Waals surface area contributed by atoms with Gasteiger partial charge in [-0.1, -0.05) is 130 Å². The minimum absolute atomic E-state index is 0.00296. The Labute approximate surface area is 866 Å². The van der Waals surface area contributed by atoms with E-state index in [1.165, 1.54) is 75.1 Å². The van der Waals surface area contributed by atoms with E-state index in [1.807, 2.05) is 18.2 Å². The number of nitrogens with one attached hydrogen (secondary N) is 15. The van der Waals surface area contributed by atoms with E-state index in [9.17, 15) is 72.9 Å². The van der Waals surface area contributed by atoms with Crippen molar-refractivity contribution in [3.05, 3.63) is 166 Å². The first-order chi connectivity index (χ1) is 70.6. The van der Waals surface area contributed by atoms with E-state index >= 15 is 43.2 Å². The molecule has 18 amide bonds. The van der Waals surface area contributed by atoms with Crippen LogP contribution < -0.4 is 85.5 Å². The number of nitrogens with zero attached hydrogens (tertiary/aromatic N) is 2. The molecule has 3 fully saturated rings. The van der Waals surface area contributed by atoms with Gasteiger partial charge in [-0.05, 0) is 206 Å². The molecule has 43 nitrogen and oxygen atoms in total. The molecule has 804 valence electrons. The van der Waals surface area contributed by atoms with E-state index in [2.05, 4.69) is 79.8 Å². The van der Waals surface area contributed by atoms with E-state index in [0.29, 0.717) is 34.1 Å². The molecular weight excluding hydrogens is 1950 g/mol. The fourth-order valence-electron chi connectivity index (χ4n) is 18.7. The summed E-state index contributed by atoms with van der Waals surface area (Å²) < 4.78 is 6.73. The van der Waals surface area contributed by atoms with Crippen LogP contribution in [0.3, 0.4) is 0 Å². The predicted molar refractivity (Wildman–Crippen MR) is 545 cm³/mol. The number of rotatable bonds is 17. The molecule has 5 aliphatic heterocycles. The number of aliphatic carboxylic acids is 2. The van der Waals surface area contributed by atoms with E-state index < -0.39 is 257 Å². The molecule has 44 heteroatoms. The van der Waals surface area contributed by atoms with Crippen LogP contribution in [-0.4, -0.2) is 271 Å². The molecule has 149 heavy (non-hydrogen) atoms. The number of ether oxygens (including phenoxy) is 1. The lowest BCUT2D eigenvalue weighted by atomic mass is 9.83. The fraction of sp³-hybridized carbons (Fsp3) is 0.514. The van der Waals surface area contributed by atoms with Crippen molar-refractivity contribution in [2.24, 2.45) is 11.1 Å². The molecule has 3 bridgehead atoms. The second-order valence-corrected chi connectivity index (χ2v) is 41.4. The number of carboxylic acids is 3. The van der Waals surface area contributed by atoms with Crippen LogP contribution in [-0.2, 0) is 122 Å². The summed E-state index contributed by atoms with van der Waals surface area (Å²) in [5, 5.41) is 73.9. The van der Waals surface area contributed by atoms with Gasteiger partial charge < -0.3 is 115 Å².